The van der Waals surface area contributed by atoms with Crippen molar-refractivity contribution >= 4 is 23.7 Å². The van der Waals surface area contributed by atoms with Gasteiger partial charge in [0.05, 0.1) is 0 Å². The molecule has 25 heavy (non-hydrogen) atoms. The molecule has 0 aromatic heterocycles. The molecule has 0 aliphatic heterocycles. The molecule has 2 rings (SSSR count). The summed E-state index contributed by atoms with van der Waals surface area (Å²) < 4.78 is 19.5. The number of ether oxygens (including phenoxy) is 1. The van der Waals surface area contributed by atoms with E-state index in [1.54, 1.807) is 0 Å². The van der Waals surface area contributed by atoms with Crippen LogP contribution < -0.4 is 10.6 Å². The average Bonchev–Trinajstić information content (AvgIpc) is 2.63. The van der Waals surface area contributed by atoms with Gasteiger partial charge in [0.2, 0.25) is 0 Å². The molecule has 2 aromatic rings. The van der Waals surface area contributed by atoms with Crippen LogP contribution >= 0.6 is 7.14 Å². The predicted octanol–water partition coefficient (Wildman–Crippen LogP) is 4.29. The molecule has 1 unspecified atom stereocenters. The maximum Gasteiger partial charge on any atom is 0.303 e. The van der Waals surface area contributed by atoms with E-state index < -0.39 is 13.2 Å². The zero-order chi connectivity index (χ0) is 18.1. The van der Waals surface area contributed by atoms with Crippen molar-refractivity contribution in [2.75, 3.05) is 6.16 Å². The lowest BCUT2D eigenvalue weighted by Crippen LogP contribution is -2.27. The van der Waals surface area contributed by atoms with Crippen LogP contribution in [0.2, 0.25) is 0 Å². The van der Waals surface area contributed by atoms with Crippen molar-refractivity contribution in [3.8, 4) is 0 Å². The Morgan fingerprint density at radius 3 is 2.00 bits per heavy atom. The molecule has 2 aromatic carbocycles. The van der Waals surface area contributed by atoms with E-state index in [1.807, 2.05) is 72.8 Å². The minimum absolute atomic E-state index is 0.265. The Morgan fingerprint density at radius 1 is 1.04 bits per heavy atom. The molecule has 3 nitrogen and oxygen atoms in total. The Morgan fingerprint density at radius 2 is 1.56 bits per heavy atom. The van der Waals surface area contributed by atoms with Crippen LogP contribution in [0.15, 0.2) is 72.8 Å². The van der Waals surface area contributed by atoms with Gasteiger partial charge < -0.3 is 9.30 Å². The first kappa shape index (κ1) is 19.2. The highest BCUT2D eigenvalue weighted by molar-refractivity contribution is 7.78. The van der Waals surface area contributed by atoms with E-state index >= 15 is 0 Å². The number of rotatable bonds is 8. The fourth-order valence-corrected chi connectivity index (χ4v) is 5.45. The molecule has 0 aliphatic carbocycles. The van der Waals surface area contributed by atoms with Crippen LogP contribution in [0, 0.1) is 0 Å². The molecule has 0 spiro atoms. The third kappa shape index (κ3) is 5.44. The van der Waals surface area contributed by atoms with Crippen molar-refractivity contribution in [2.24, 2.45) is 0 Å². The lowest BCUT2D eigenvalue weighted by molar-refractivity contribution is -0.143. The third-order valence-electron chi connectivity index (χ3n) is 3.91. The van der Waals surface area contributed by atoms with E-state index in [4.69, 9.17) is 4.74 Å². The van der Waals surface area contributed by atoms with E-state index in [9.17, 15) is 9.36 Å². The maximum atomic E-state index is 14.0. The quantitative estimate of drug-likeness (QED) is 0.403. The van der Waals surface area contributed by atoms with Crippen molar-refractivity contribution in [1.29, 1.82) is 0 Å². The molecular weight excluding hydrogens is 331 g/mol. The molecule has 132 valence electrons. The SMILES string of the molecule is CCC/C=C/C(CP(=O)(c1ccccc1)c1ccccc1)OC(C)=O. The summed E-state index contributed by atoms with van der Waals surface area (Å²) in [7, 11) is -2.91. The van der Waals surface area contributed by atoms with Gasteiger partial charge in [0.15, 0.2) is 0 Å². The summed E-state index contributed by atoms with van der Waals surface area (Å²) in [4.78, 5) is 11.5. The highest BCUT2D eigenvalue weighted by Crippen LogP contribution is 2.44. The van der Waals surface area contributed by atoms with E-state index in [0.717, 1.165) is 23.5 Å². The van der Waals surface area contributed by atoms with Gasteiger partial charge in [-0.2, -0.15) is 0 Å². The van der Waals surface area contributed by atoms with Crippen molar-refractivity contribution in [1.82, 2.24) is 0 Å². The molecule has 4 heteroatoms. The molecule has 0 saturated carbocycles. The molecule has 0 radical (unpaired) electrons. The fraction of sp³-hybridized carbons (Fsp3) is 0.286. The normalized spacial score (nSPS) is 12.9. The zero-order valence-electron chi connectivity index (χ0n) is 14.8. The molecule has 1 atom stereocenters. The zero-order valence-corrected chi connectivity index (χ0v) is 15.7. The van der Waals surface area contributed by atoms with Gasteiger partial charge in [-0.3, -0.25) is 4.79 Å². The Bertz CT molecular complexity index is 695. The summed E-state index contributed by atoms with van der Waals surface area (Å²) in [5.41, 5.74) is 0. The molecule has 0 N–H and O–H groups in total. The van der Waals surface area contributed by atoms with Crippen molar-refractivity contribution in [3.63, 3.8) is 0 Å². The van der Waals surface area contributed by atoms with Crippen LogP contribution in [-0.4, -0.2) is 18.2 Å². The van der Waals surface area contributed by atoms with Crippen molar-refractivity contribution in [3.05, 3.63) is 72.8 Å². The van der Waals surface area contributed by atoms with Gasteiger partial charge in [0, 0.05) is 23.7 Å². The summed E-state index contributed by atoms with van der Waals surface area (Å²) in [6.45, 7) is 3.47. The number of carbonyl (C=O) groups is 1. The van der Waals surface area contributed by atoms with Gasteiger partial charge >= 0.3 is 5.97 Å². The Kier molecular flexibility index (Phi) is 7.21. The molecule has 0 bridgehead atoms. The van der Waals surface area contributed by atoms with Crippen LogP contribution in [-0.2, 0) is 14.1 Å². The summed E-state index contributed by atoms with van der Waals surface area (Å²) in [6.07, 6.45) is 5.53. The highest BCUT2D eigenvalue weighted by Gasteiger charge is 2.31. The van der Waals surface area contributed by atoms with Crippen molar-refractivity contribution in [2.45, 2.75) is 32.8 Å². The monoisotopic (exact) mass is 356 g/mol. The van der Waals surface area contributed by atoms with Crippen LogP contribution in [0.5, 0.6) is 0 Å². The van der Waals surface area contributed by atoms with Crippen molar-refractivity contribution < 1.29 is 14.1 Å². The maximum absolute atomic E-state index is 14.0. The first-order chi connectivity index (χ1) is 12.1. The molecule has 0 amide bonds. The Hall–Kier alpha value is -2.12. The number of esters is 1. The molecule has 0 aliphatic rings. The third-order valence-corrected chi connectivity index (χ3v) is 7.05. The topological polar surface area (TPSA) is 43.4 Å². The number of hydrogen-bond acceptors (Lipinski definition) is 3. The van der Waals surface area contributed by atoms with Crippen LogP contribution in [0.3, 0.4) is 0 Å². The minimum atomic E-state index is -2.91. The average molecular weight is 356 g/mol. The van der Waals surface area contributed by atoms with Gasteiger partial charge in [0.1, 0.15) is 13.2 Å². The number of carbonyl (C=O) groups excluding carboxylic acids is 1. The van der Waals surface area contributed by atoms with E-state index in [-0.39, 0.29) is 12.1 Å². The Labute approximate surface area is 150 Å². The number of unbranched alkanes of at least 4 members (excludes halogenated alkanes) is 1. The number of hydrogen-bond donors (Lipinski definition) is 0. The van der Waals surface area contributed by atoms with Gasteiger partial charge in [-0.1, -0.05) is 80.1 Å². The van der Waals surface area contributed by atoms with Gasteiger partial charge in [-0.05, 0) is 12.5 Å². The fourth-order valence-electron chi connectivity index (χ4n) is 2.72. The summed E-state index contributed by atoms with van der Waals surface area (Å²) in [5, 5.41) is 1.56. The largest absolute Gasteiger partial charge is 0.458 e. The number of benzene rings is 2. The first-order valence-corrected chi connectivity index (χ1v) is 10.5. The standard InChI is InChI=1S/C21H25O3P/c1-3-4-7-12-19(24-18(2)22)17-25(23,20-13-8-5-9-14-20)21-15-10-6-11-16-21/h5-16,19H,3-4,17H2,1-2H3/b12-7+. The van der Waals surface area contributed by atoms with Gasteiger partial charge in [0.25, 0.3) is 0 Å². The van der Waals surface area contributed by atoms with E-state index in [2.05, 4.69) is 6.92 Å². The predicted molar refractivity (Wildman–Crippen MR) is 104 cm³/mol. The highest BCUT2D eigenvalue weighted by atomic mass is 31.2. The number of allylic oxidation sites excluding steroid dienone is 1. The second-order valence-corrected chi connectivity index (χ2v) is 8.84. The summed E-state index contributed by atoms with van der Waals surface area (Å²) in [6, 6.07) is 18.9. The first-order valence-electron chi connectivity index (χ1n) is 8.60. The van der Waals surface area contributed by atoms with Gasteiger partial charge in [-0.15, -0.1) is 0 Å². The van der Waals surface area contributed by atoms with Gasteiger partial charge in [-0.25, -0.2) is 0 Å². The second-order valence-electron chi connectivity index (χ2n) is 5.96. The van der Waals surface area contributed by atoms with E-state index in [0.29, 0.717) is 0 Å². The lowest BCUT2D eigenvalue weighted by Gasteiger charge is -2.23. The molecule has 0 saturated heterocycles. The van der Waals surface area contributed by atoms with Crippen LogP contribution in [0.25, 0.3) is 0 Å². The summed E-state index contributed by atoms with van der Waals surface area (Å²) in [5.74, 6) is -0.362. The second kappa shape index (κ2) is 9.39. The van der Waals surface area contributed by atoms with Crippen LogP contribution in [0.1, 0.15) is 26.7 Å². The molecular formula is C21H25O3P. The molecule has 0 fully saturated rings. The lowest BCUT2D eigenvalue weighted by atomic mass is 10.2. The Balaban J connectivity index is 2.41. The molecule has 0 heterocycles. The van der Waals surface area contributed by atoms with E-state index in [1.165, 1.54) is 6.92 Å². The smallest absolute Gasteiger partial charge is 0.303 e. The minimum Gasteiger partial charge on any atom is -0.458 e. The summed E-state index contributed by atoms with van der Waals surface area (Å²) >= 11 is 0. The van der Waals surface area contributed by atoms with Crippen LogP contribution in [0.4, 0.5) is 0 Å².